The van der Waals surface area contributed by atoms with Crippen LogP contribution in [0.4, 0.5) is 0 Å². The fourth-order valence-electron chi connectivity index (χ4n) is 4.20. The third-order valence-corrected chi connectivity index (χ3v) is 5.29. The molecule has 0 bridgehead atoms. The normalized spacial score (nSPS) is 23.0. The summed E-state index contributed by atoms with van der Waals surface area (Å²) in [6, 6.07) is 0. The minimum atomic E-state index is -0.449. The molecule has 128 valence electrons. The first-order valence-electron chi connectivity index (χ1n) is 9.44. The van der Waals surface area contributed by atoms with Crippen molar-refractivity contribution in [2.24, 2.45) is 11.8 Å². The zero-order valence-electron chi connectivity index (χ0n) is 14.7. The average Bonchev–Trinajstić information content (AvgIpc) is 2.53. The second kappa shape index (κ2) is 8.90. The molecule has 2 rings (SSSR count). The minimum absolute atomic E-state index is 0.0605. The fourth-order valence-corrected chi connectivity index (χ4v) is 4.20. The minimum Gasteiger partial charge on any atom is -0.460 e. The van der Waals surface area contributed by atoms with E-state index in [0.29, 0.717) is 11.8 Å². The Labute approximate surface area is 136 Å². The van der Waals surface area contributed by atoms with Crippen molar-refractivity contribution in [2.75, 3.05) is 0 Å². The molecule has 22 heavy (non-hydrogen) atoms. The number of carbonyl (C=O) groups excluding carboxylic acids is 1. The van der Waals surface area contributed by atoms with Gasteiger partial charge < -0.3 is 9.47 Å². The first-order chi connectivity index (χ1) is 10.6. The van der Waals surface area contributed by atoms with E-state index >= 15 is 0 Å². The Bertz CT molecular complexity index is 310. The Morgan fingerprint density at radius 3 is 1.68 bits per heavy atom. The molecule has 0 N–H and O–H groups in total. The first kappa shape index (κ1) is 17.8. The molecule has 0 spiro atoms. The van der Waals surface area contributed by atoms with Crippen molar-refractivity contribution in [1.29, 1.82) is 0 Å². The van der Waals surface area contributed by atoms with Crippen LogP contribution in [0.5, 0.6) is 0 Å². The van der Waals surface area contributed by atoms with E-state index in [4.69, 9.17) is 9.47 Å². The van der Waals surface area contributed by atoms with Gasteiger partial charge in [0.2, 0.25) is 0 Å². The lowest BCUT2D eigenvalue weighted by molar-refractivity contribution is -0.172. The largest absolute Gasteiger partial charge is 0.460 e. The topological polar surface area (TPSA) is 35.5 Å². The molecule has 2 fully saturated rings. The monoisotopic (exact) mass is 310 g/mol. The maximum atomic E-state index is 12.4. The SMILES string of the molecule is CC(C)OC(C)C(=O)OC(C1CCCCC1)C1CCCCC1. The summed E-state index contributed by atoms with van der Waals surface area (Å²) < 4.78 is 11.6. The van der Waals surface area contributed by atoms with Gasteiger partial charge in [0.15, 0.2) is 6.10 Å². The van der Waals surface area contributed by atoms with Crippen LogP contribution >= 0.6 is 0 Å². The third-order valence-electron chi connectivity index (χ3n) is 5.29. The number of hydrogen-bond donors (Lipinski definition) is 0. The summed E-state index contributed by atoms with van der Waals surface area (Å²) in [5.41, 5.74) is 0. The highest BCUT2D eigenvalue weighted by Gasteiger charge is 2.35. The molecule has 1 unspecified atom stereocenters. The van der Waals surface area contributed by atoms with Crippen LogP contribution in [0.3, 0.4) is 0 Å². The van der Waals surface area contributed by atoms with Gasteiger partial charge in [0.1, 0.15) is 6.10 Å². The molecule has 0 heterocycles. The summed E-state index contributed by atoms with van der Waals surface area (Å²) in [5.74, 6) is 0.994. The molecule has 0 saturated heterocycles. The van der Waals surface area contributed by atoms with Crippen molar-refractivity contribution < 1.29 is 14.3 Å². The zero-order chi connectivity index (χ0) is 15.9. The van der Waals surface area contributed by atoms with Crippen LogP contribution in [0.25, 0.3) is 0 Å². The number of hydrogen-bond acceptors (Lipinski definition) is 3. The highest BCUT2D eigenvalue weighted by Crippen LogP contribution is 2.37. The molecule has 0 aromatic heterocycles. The predicted octanol–water partition coefficient (Wildman–Crippen LogP) is 4.87. The van der Waals surface area contributed by atoms with E-state index in [-0.39, 0.29) is 18.2 Å². The van der Waals surface area contributed by atoms with E-state index in [1.165, 1.54) is 64.2 Å². The highest BCUT2D eigenvalue weighted by atomic mass is 16.6. The number of esters is 1. The van der Waals surface area contributed by atoms with E-state index in [1.807, 2.05) is 20.8 Å². The lowest BCUT2D eigenvalue weighted by Crippen LogP contribution is -2.39. The van der Waals surface area contributed by atoms with E-state index in [0.717, 1.165) is 0 Å². The summed E-state index contributed by atoms with van der Waals surface area (Å²) >= 11 is 0. The van der Waals surface area contributed by atoms with E-state index in [2.05, 4.69) is 0 Å². The molecule has 0 aliphatic heterocycles. The first-order valence-corrected chi connectivity index (χ1v) is 9.44. The van der Waals surface area contributed by atoms with Crippen LogP contribution < -0.4 is 0 Å². The molecule has 2 saturated carbocycles. The molecular formula is C19H34O3. The number of ether oxygens (including phenoxy) is 2. The van der Waals surface area contributed by atoms with Gasteiger partial charge in [-0.15, -0.1) is 0 Å². The quantitative estimate of drug-likeness (QED) is 0.656. The molecule has 1 atom stereocenters. The Hall–Kier alpha value is -0.570. The van der Waals surface area contributed by atoms with Crippen LogP contribution in [0.1, 0.15) is 85.0 Å². The summed E-state index contributed by atoms with van der Waals surface area (Å²) in [5, 5.41) is 0. The van der Waals surface area contributed by atoms with E-state index in [9.17, 15) is 4.79 Å². The van der Waals surface area contributed by atoms with Crippen LogP contribution in [-0.4, -0.2) is 24.3 Å². The van der Waals surface area contributed by atoms with Crippen molar-refractivity contribution in [1.82, 2.24) is 0 Å². The summed E-state index contributed by atoms with van der Waals surface area (Å²) in [6.45, 7) is 5.74. The van der Waals surface area contributed by atoms with E-state index in [1.54, 1.807) is 0 Å². The molecule has 0 aromatic rings. The summed E-state index contributed by atoms with van der Waals surface area (Å²) in [7, 11) is 0. The van der Waals surface area contributed by atoms with Gasteiger partial charge in [-0.3, -0.25) is 0 Å². The van der Waals surface area contributed by atoms with Gasteiger partial charge in [0, 0.05) is 0 Å². The Morgan fingerprint density at radius 1 is 0.818 bits per heavy atom. The number of carbonyl (C=O) groups is 1. The maximum Gasteiger partial charge on any atom is 0.335 e. The lowest BCUT2D eigenvalue weighted by atomic mass is 9.75. The number of rotatable bonds is 6. The zero-order valence-corrected chi connectivity index (χ0v) is 14.7. The lowest BCUT2D eigenvalue weighted by Gasteiger charge is -2.37. The smallest absolute Gasteiger partial charge is 0.335 e. The van der Waals surface area contributed by atoms with Gasteiger partial charge in [-0.1, -0.05) is 38.5 Å². The summed E-state index contributed by atoms with van der Waals surface area (Å²) in [6.07, 6.45) is 12.5. The van der Waals surface area contributed by atoms with Crippen molar-refractivity contribution in [3.63, 3.8) is 0 Å². The van der Waals surface area contributed by atoms with E-state index < -0.39 is 6.10 Å². The van der Waals surface area contributed by atoms with Gasteiger partial charge in [-0.2, -0.15) is 0 Å². The van der Waals surface area contributed by atoms with Gasteiger partial charge in [-0.25, -0.2) is 4.79 Å². The molecule has 3 heteroatoms. The molecule has 2 aliphatic rings. The Balaban J connectivity index is 1.98. The van der Waals surface area contributed by atoms with Crippen molar-refractivity contribution in [3.05, 3.63) is 0 Å². The van der Waals surface area contributed by atoms with Crippen molar-refractivity contribution in [3.8, 4) is 0 Å². The molecule has 0 amide bonds. The molecule has 0 aromatic carbocycles. The van der Waals surface area contributed by atoms with Crippen molar-refractivity contribution >= 4 is 5.97 Å². The van der Waals surface area contributed by atoms with Crippen LogP contribution in [0, 0.1) is 11.8 Å². The van der Waals surface area contributed by atoms with Crippen LogP contribution in [0.2, 0.25) is 0 Å². The Kier molecular flexibility index (Phi) is 7.20. The van der Waals surface area contributed by atoms with Gasteiger partial charge >= 0.3 is 5.97 Å². The Morgan fingerprint density at radius 2 is 1.27 bits per heavy atom. The van der Waals surface area contributed by atoms with Gasteiger partial charge in [0.05, 0.1) is 6.10 Å². The maximum absolute atomic E-state index is 12.4. The summed E-state index contributed by atoms with van der Waals surface area (Å²) in [4.78, 5) is 12.4. The highest BCUT2D eigenvalue weighted by molar-refractivity contribution is 5.74. The molecule has 0 radical (unpaired) electrons. The molecule has 3 nitrogen and oxygen atoms in total. The van der Waals surface area contributed by atoms with Crippen LogP contribution in [-0.2, 0) is 14.3 Å². The predicted molar refractivity (Wildman–Crippen MR) is 88.7 cm³/mol. The van der Waals surface area contributed by atoms with Crippen LogP contribution in [0.15, 0.2) is 0 Å². The molecular weight excluding hydrogens is 276 g/mol. The van der Waals surface area contributed by atoms with Gasteiger partial charge in [0.25, 0.3) is 0 Å². The standard InChI is InChI=1S/C19H34O3/c1-14(2)21-15(3)19(20)22-18(16-10-6-4-7-11-16)17-12-8-5-9-13-17/h14-18H,4-13H2,1-3H3. The fraction of sp³-hybridized carbons (Fsp3) is 0.947. The average molecular weight is 310 g/mol. The third kappa shape index (κ3) is 5.26. The van der Waals surface area contributed by atoms with Crippen molar-refractivity contribution in [2.45, 2.75) is 103 Å². The van der Waals surface area contributed by atoms with Gasteiger partial charge in [-0.05, 0) is 58.3 Å². The molecule has 2 aliphatic carbocycles. The second-order valence-electron chi connectivity index (χ2n) is 7.52. The second-order valence-corrected chi connectivity index (χ2v) is 7.52.